The molecule has 0 spiro atoms. The number of thioether (sulfide) groups is 1. The van der Waals surface area contributed by atoms with Crippen molar-refractivity contribution < 1.29 is 9.90 Å². The molecule has 1 N–H and O–H groups in total. The molecule has 5 nitrogen and oxygen atoms in total. The molecule has 1 aromatic heterocycles. The Hall–Kier alpha value is -1.04. The summed E-state index contributed by atoms with van der Waals surface area (Å²) in [6.45, 7) is 5.14. The van der Waals surface area contributed by atoms with E-state index < -0.39 is 5.97 Å². The molecule has 1 aliphatic rings. The second-order valence-corrected chi connectivity index (χ2v) is 6.56. The Labute approximate surface area is 124 Å². The fraction of sp³-hybridized carbons (Fsp3) is 0.786. The molecule has 0 atom stereocenters. The number of nitrogens with zero attached hydrogens (tertiary/aromatic N) is 3. The van der Waals surface area contributed by atoms with E-state index in [9.17, 15) is 4.79 Å². The molecule has 1 heterocycles. The van der Waals surface area contributed by atoms with Crippen LogP contribution in [0, 0.1) is 18.8 Å². The van der Waals surface area contributed by atoms with Crippen LogP contribution in [-0.4, -0.2) is 31.6 Å². The van der Waals surface area contributed by atoms with Crippen LogP contribution in [0.5, 0.6) is 0 Å². The summed E-state index contributed by atoms with van der Waals surface area (Å²) in [5.74, 6) is 1.69. The first kappa shape index (κ1) is 15.4. The van der Waals surface area contributed by atoms with E-state index in [2.05, 4.69) is 21.7 Å². The smallest absolute Gasteiger partial charge is 0.313 e. The third kappa shape index (κ3) is 3.98. The Morgan fingerprint density at radius 2 is 1.95 bits per heavy atom. The minimum atomic E-state index is -0.814. The lowest BCUT2D eigenvalue weighted by molar-refractivity contribution is -0.133. The molecular formula is C14H23N3O2S. The Balaban J connectivity index is 1.95. The predicted molar refractivity (Wildman–Crippen MR) is 78.9 cm³/mol. The van der Waals surface area contributed by atoms with E-state index in [1.54, 1.807) is 0 Å². The van der Waals surface area contributed by atoms with Crippen LogP contribution in [0.3, 0.4) is 0 Å². The minimum absolute atomic E-state index is 0.0424. The summed E-state index contributed by atoms with van der Waals surface area (Å²) in [7, 11) is 0. The van der Waals surface area contributed by atoms with Crippen molar-refractivity contribution in [1.82, 2.24) is 14.8 Å². The molecule has 1 aromatic rings. The normalized spacial score (nSPS) is 22.9. The molecule has 0 saturated heterocycles. The van der Waals surface area contributed by atoms with Crippen molar-refractivity contribution in [2.45, 2.75) is 57.7 Å². The third-order valence-electron chi connectivity index (χ3n) is 4.21. The predicted octanol–water partition coefficient (Wildman–Crippen LogP) is 2.98. The number of hydrogen-bond donors (Lipinski definition) is 1. The zero-order valence-electron chi connectivity index (χ0n) is 12.2. The Bertz CT molecular complexity index is 453. The highest BCUT2D eigenvalue weighted by Crippen LogP contribution is 2.32. The van der Waals surface area contributed by atoms with Crippen molar-refractivity contribution in [3.8, 4) is 0 Å². The van der Waals surface area contributed by atoms with E-state index in [1.165, 1.54) is 43.9 Å². The number of hydrogen-bond acceptors (Lipinski definition) is 4. The summed E-state index contributed by atoms with van der Waals surface area (Å²) < 4.78 is 2.09. The van der Waals surface area contributed by atoms with E-state index in [1.807, 2.05) is 6.92 Å². The van der Waals surface area contributed by atoms with Gasteiger partial charge in [-0.05, 0) is 31.6 Å². The van der Waals surface area contributed by atoms with Crippen LogP contribution in [0.15, 0.2) is 5.16 Å². The molecule has 1 saturated carbocycles. The molecule has 6 heteroatoms. The van der Waals surface area contributed by atoms with Gasteiger partial charge in [0.15, 0.2) is 5.16 Å². The first-order chi connectivity index (χ1) is 9.60. The summed E-state index contributed by atoms with van der Waals surface area (Å²) in [4.78, 5) is 10.7. The van der Waals surface area contributed by atoms with E-state index in [0.29, 0.717) is 5.92 Å². The van der Waals surface area contributed by atoms with Gasteiger partial charge in [0.05, 0.1) is 5.75 Å². The van der Waals surface area contributed by atoms with Gasteiger partial charge in [0.1, 0.15) is 5.82 Å². The molecule has 1 fully saturated rings. The largest absolute Gasteiger partial charge is 0.481 e. The Kier molecular flexibility index (Phi) is 5.46. The van der Waals surface area contributed by atoms with Gasteiger partial charge in [-0.3, -0.25) is 4.79 Å². The van der Waals surface area contributed by atoms with Crippen LogP contribution in [0.2, 0.25) is 0 Å². The van der Waals surface area contributed by atoms with Crippen molar-refractivity contribution in [1.29, 1.82) is 0 Å². The Morgan fingerprint density at radius 3 is 2.55 bits per heavy atom. The molecular weight excluding hydrogens is 274 g/mol. The van der Waals surface area contributed by atoms with Crippen molar-refractivity contribution >= 4 is 17.7 Å². The van der Waals surface area contributed by atoms with Gasteiger partial charge in [-0.15, -0.1) is 10.2 Å². The van der Waals surface area contributed by atoms with Gasteiger partial charge in [-0.25, -0.2) is 0 Å². The van der Waals surface area contributed by atoms with Crippen molar-refractivity contribution in [2.24, 2.45) is 11.8 Å². The van der Waals surface area contributed by atoms with Gasteiger partial charge in [-0.2, -0.15) is 0 Å². The maximum absolute atomic E-state index is 10.7. The van der Waals surface area contributed by atoms with E-state index in [0.717, 1.165) is 23.4 Å². The molecule has 20 heavy (non-hydrogen) atoms. The van der Waals surface area contributed by atoms with Gasteiger partial charge in [-0.1, -0.05) is 37.9 Å². The number of carboxylic acids is 1. The van der Waals surface area contributed by atoms with E-state index >= 15 is 0 Å². The molecule has 0 unspecified atom stereocenters. The molecule has 1 aliphatic carbocycles. The quantitative estimate of drug-likeness (QED) is 0.818. The molecule has 0 radical (unpaired) electrons. The van der Waals surface area contributed by atoms with Crippen molar-refractivity contribution in [3.05, 3.63) is 5.82 Å². The minimum Gasteiger partial charge on any atom is -0.481 e. The number of aliphatic carboxylic acids is 1. The first-order valence-electron chi connectivity index (χ1n) is 7.34. The number of aromatic nitrogens is 3. The summed E-state index contributed by atoms with van der Waals surface area (Å²) in [5, 5.41) is 17.7. The maximum atomic E-state index is 10.7. The van der Waals surface area contributed by atoms with Crippen LogP contribution in [0.25, 0.3) is 0 Å². The van der Waals surface area contributed by atoms with Crippen LogP contribution >= 0.6 is 11.8 Å². The fourth-order valence-corrected chi connectivity index (χ4v) is 3.60. The first-order valence-corrected chi connectivity index (χ1v) is 8.33. The van der Waals surface area contributed by atoms with Crippen LogP contribution in [-0.2, 0) is 11.3 Å². The Morgan fingerprint density at radius 1 is 1.30 bits per heavy atom. The molecule has 2 rings (SSSR count). The third-order valence-corrected chi connectivity index (χ3v) is 5.16. The highest BCUT2D eigenvalue weighted by Gasteiger charge is 2.22. The van der Waals surface area contributed by atoms with Crippen molar-refractivity contribution in [3.63, 3.8) is 0 Å². The summed E-state index contributed by atoms with van der Waals surface area (Å²) >= 11 is 1.26. The maximum Gasteiger partial charge on any atom is 0.313 e. The summed E-state index contributed by atoms with van der Waals surface area (Å²) in [6.07, 6.45) is 6.45. The topological polar surface area (TPSA) is 68.0 Å². The van der Waals surface area contributed by atoms with E-state index in [4.69, 9.17) is 5.11 Å². The lowest BCUT2D eigenvalue weighted by Gasteiger charge is -2.28. The lowest BCUT2D eigenvalue weighted by atomic mass is 9.81. The lowest BCUT2D eigenvalue weighted by Crippen LogP contribution is -2.20. The molecule has 0 aromatic carbocycles. The second-order valence-electron chi connectivity index (χ2n) is 5.62. The summed E-state index contributed by atoms with van der Waals surface area (Å²) in [6, 6.07) is 0. The van der Waals surface area contributed by atoms with Gasteiger partial charge >= 0.3 is 5.97 Å². The highest BCUT2D eigenvalue weighted by atomic mass is 32.2. The fourth-order valence-electron chi connectivity index (χ4n) is 2.89. The SMILES string of the molecule is CCC1CCC(Cn2c(C)nnc2SCC(=O)O)CC1. The highest BCUT2D eigenvalue weighted by molar-refractivity contribution is 7.99. The molecule has 112 valence electrons. The van der Waals surface area contributed by atoms with Crippen LogP contribution in [0.4, 0.5) is 0 Å². The van der Waals surface area contributed by atoms with Crippen LogP contribution in [0.1, 0.15) is 44.9 Å². The average Bonchev–Trinajstić information content (AvgIpc) is 2.78. The van der Waals surface area contributed by atoms with Crippen LogP contribution < -0.4 is 0 Å². The average molecular weight is 297 g/mol. The number of carboxylic acid groups (broad SMARTS) is 1. The standard InChI is InChI=1S/C14H23N3O2S/c1-3-11-4-6-12(7-5-11)8-17-10(2)15-16-14(17)20-9-13(18)19/h11-12H,3-9H2,1-2H3,(H,18,19). The zero-order chi connectivity index (χ0) is 14.5. The zero-order valence-corrected chi connectivity index (χ0v) is 13.0. The molecule has 0 bridgehead atoms. The van der Waals surface area contributed by atoms with Gasteiger partial charge in [0.25, 0.3) is 0 Å². The number of rotatable bonds is 6. The van der Waals surface area contributed by atoms with Gasteiger partial charge < -0.3 is 9.67 Å². The van der Waals surface area contributed by atoms with E-state index in [-0.39, 0.29) is 5.75 Å². The second kappa shape index (κ2) is 7.11. The molecule has 0 amide bonds. The monoisotopic (exact) mass is 297 g/mol. The molecule has 0 aliphatic heterocycles. The number of aryl methyl sites for hydroxylation is 1. The number of carbonyl (C=O) groups is 1. The summed E-state index contributed by atoms with van der Waals surface area (Å²) in [5.41, 5.74) is 0. The van der Waals surface area contributed by atoms with Gasteiger partial charge in [0, 0.05) is 6.54 Å². The van der Waals surface area contributed by atoms with Crippen molar-refractivity contribution in [2.75, 3.05) is 5.75 Å². The van der Waals surface area contributed by atoms with Gasteiger partial charge in [0.2, 0.25) is 0 Å².